The van der Waals surface area contributed by atoms with E-state index in [1.54, 1.807) is 7.11 Å². The summed E-state index contributed by atoms with van der Waals surface area (Å²) in [4.78, 5) is 16.3. The Bertz CT molecular complexity index is 541. The first-order chi connectivity index (χ1) is 11.1. The summed E-state index contributed by atoms with van der Waals surface area (Å²) >= 11 is 3.41. The third kappa shape index (κ3) is 9.43. The van der Waals surface area contributed by atoms with Crippen LogP contribution in [0, 0.1) is 6.92 Å². The van der Waals surface area contributed by atoms with Gasteiger partial charge in [-0.15, -0.1) is 24.0 Å². The van der Waals surface area contributed by atoms with Crippen LogP contribution in [0.4, 0.5) is 5.69 Å². The summed E-state index contributed by atoms with van der Waals surface area (Å²) in [6.07, 6.45) is 0.365. The van der Waals surface area contributed by atoms with Crippen LogP contribution in [-0.4, -0.2) is 45.2 Å². The molecule has 0 fully saturated rings. The maximum absolute atomic E-state index is 12.0. The number of methoxy groups -OCH3 is 1. The van der Waals surface area contributed by atoms with E-state index in [2.05, 4.69) is 36.9 Å². The summed E-state index contributed by atoms with van der Waals surface area (Å²) < 4.78 is 5.97. The summed E-state index contributed by atoms with van der Waals surface area (Å²) in [5.41, 5.74) is 1.86. The third-order valence-electron chi connectivity index (χ3n) is 3.02. The molecule has 0 heterocycles. The lowest BCUT2D eigenvalue weighted by atomic mass is 10.2. The molecular weight excluding hydrogens is 487 g/mol. The van der Waals surface area contributed by atoms with Gasteiger partial charge in [-0.1, -0.05) is 15.9 Å². The largest absolute Gasteiger partial charge is 0.383 e. The second kappa shape index (κ2) is 13.4. The zero-order valence-electron chi connectivity index (χ0n) is 14.3. The number of halogens is 2. The van der Waals surface area contributed by atoms with Gasteiger partial charge in [0.1, 0.15) is 0 Å². The second-order valence-corrected chi connectivity index (χ2v) is 5.85. The highest BCUT2D eigenvalue weighted by atomic mass is 127. The number of amides is 1. The van der Waals surface area contributed by atoms with Gasteiger partial charge in [-0.05, 0) is 37.6 Å². The van der Waals surface area contributed by atoms with Crippen molar-refractivity contribution in [2.45, 2.75) is 20.3 Å². The van der Waals surface area contributed by atoms with E-state index in [1.165, 1.54) is 0 Å². The van der Waals surface area contributed by atoms with E-state index in [0.717, 1.165) is 22.3 Å². The molecule has 0 aliphatic rings. The molecule has 0 radical (unpaired) electrons. The maximum atomic E-state index is 12.0. The van der Waals surface area contributed by atoms with Gasteiger partial charge >= 0.3 is 0 Å². The molecule has 0 aliphatic heterocycles. The van der Waals surface area contributed by atoms with Crippen LogP contribution in [0.2, 0.25) is 0 Å². The van der Waals surface area contributed by atoms with Crippen LogP contribution in [0.15, 0.2) is 27.7 Å². The average molecular weight is 513 g/mol. The summed E-state index contributed by atoms with van der Waals surface area (Å²) in [6.45, 7) is 6.39. The normalized spacial score (nSPS) is 10.8. The first kappa shape index (κ1) is 23.1. The number of nitrogens with one attached hydrogen (secondary N) is 3. The number of carbonyl (C=O) groups is 1. The first-order valence-electron chi connectivity index (χ1n) is 7.64. The van der Waals surface area contributed by atoms with E-state index in [-0.39, 0.29) is 29.9 Å². The predicted octanol–water partition coefficient (Wildman–Crippen LogP) is 2.91. The van der Waals surface area contributed by atoms with Gasteiger partial charge in [-0.25, -0.2) is 0 Å². The molecule has 0 aromatic heterocycles. The maximum Gasteiger partial charge on any atom is 0.226 e. The quantitative estimate of drug-likeness (QED) is 0.217. The van der Waals surface area contributed by atoms with E-state index in [0.29, 0.717) is 32.1 Å². The van der Waals surface area contributed by atoms with Crippen molar-refractivity contribution in [1.82, 2.24) is 10.6 Å². The van der Waals surface area contributed by atoms with Crippen LogP contribution < -0.4 is 16.0 Å². The van der Waals surface area contributed by atoms with Crippen molar-refractivity contribution >= 4 is 57.5 Å². The van der Waals surface area contributed by atoms with E-state index in [4.69, 9.17) is 4.74 Å². The smallest absolute Gasteiger partial charge is 0.226 e. The average Bonchev–Trinajstić information content (AvgIpc) is 2.50. The standard InChI is InChI=1S/C16H25BrN4O2.HI/c1-4-18-16(20-9-10-23-3)19-8-7-15(22)21-14-6-5-13(17)11-12(14)2;/h5-6,11H,4,7-10H2,1-3H3,(H,21,22)(H2,18,19,20);1H. The number of carbonyl (C=O) groups excluding carboxylic acids is 1. The molecule has 8 heteroatoms. The molecule has 0 spiro atoms. The minimum absolute atomic E-state index is 0. The zero-order valence-corrected chi connectivity index (χ0v) is 18.2. The van der Waals surface area contributed by atoms with Crippen molar-refractivity contribution in [3.05, 3.63) is 28.2 Å². The van der Waals surface area contributed by atoms with Gasteiger partial charge in [0.2, 0.25) is 5.91 Å². The molecule has 6 nitrogen and oxygen atoms in total. The number of aryl methyl sites for hydroxylation is 1. The topological polar surface area (TPSA) is 74.8 Å². The molecule has 1 rings (SSSR count). The summed E-state index contributed by atoms with van der Waals surface area (Å²) in [5, 5.41) is 9.18. The molecule has 3 N–H and O–H groups in total. The van der Waals surface area contributed by atoms with Crippen LogP contribution >= 0.6 is 39.9 Å². The lowest BCUT2D eigenvalue weighted by Crippen LogP contribution is -2.39. The zero-order chi connectivity index (χ0) is 17.1. The van der Waals surface area contributed by atoms with E-state index in [9.17, 15) is 4.79 Å². The summed E-state index contributed by atoms with van der Waals surface area (Å²) in [6, 6.07) is 5.77. The minimum Gasteiger partial charge on any atom is -0.383 e. The number of aliphatic imine (C=N–C) groups is 1. The molecule has 0 saturated carbocycles. The van der Waals surface area contributed by atoms with Gasteiger partial charge in [-0.3, -0.25) is 9.79 Å². The molecule has 1 amide bonds. The van der Waals surface area contributed by atoms with Gasteiger partial charge in [-0.2, -0.15) is 0 Å². The Hall–Kier alpha value is -0.870. The van der Waals surface area contributed by atoms with Gasteiger partial charge < -0.3 is 20.7 Å². The molecular formula is C16H26BrIN4O2. The highest BCUT2D eigenvalue weighted by molar-refractivity contribution is 14.0. The van der Waals surface area contributed by atoms with Crippen LogP contribution in [0.25, 0.3) is 0 Å². The van der Waals surface area contributed by atoms with Crippen LogP contribution in [0.1, 0.15) is 18.9 Å². The van der Waals surface area contributed by atoms with Gasteiger partial charge in [0.25, 0.3) is 0 Å². The fourth-order valence-electron chi connectivity index (χ4n) is 1.86. The number of ether oxygens (including phenoxy) is 1. The highest BCUT2D eigenvalue weighted by Crippen LogP contribution is 2.19. The van der Waals surface area contributed by atoms with E-state index in [1.807, 2.05) is 32.0 Å². The number of benzene rings is 1. The number of nitrogens with zero attached hydrogens (tertiary/aromatic N) is 1. The second-order valence-electron chi connectivity index (χ2n) is 4.94. The predicted molar refractivity (Wildman–Crippen MR) is 113 cm³/mol. The van der Waals surface area contributed by atoms with Crippen LogP contribution in [-0.2, 0) is 9.53 Å². The minimum atomic E-state index is -0.0318. The number of anilines is 1. The monoisotopic (exact) mass is 512 g/mol. The first-order valence-corrected chi connectivity index (χ1v) is 8.43. The molecule has 136 valence electrons. The Morgan fingerprint density at radius 2 is 2.08 bits per heavy atom. The van der Waals surface area contributed by atoms with Crippen molar-refractivity contribution in [2.75, 3.05) is 38.7 Å². The summed E-state index contributed by atoms with van der Waals surface area (Å²) in [5.74, 6) is 0.660. The molecule has 0 bridgehead atoms. The number of rotatable bonds is 8. The molecule has 0 unspecified atom stereocenters. The number of hydrogen-bond donors (Lipinski definition) is 3. The molecule has 1 aromatic carbocycles. The highest BCUT2D eigenvalue weighted by Gasteiger charge is 2.05. The number of guanidine groups is 1. The van der Waals surface area contributed by atoms with Crippen LogP contribution in [0.5, 0.6) is 0 Å². The summed E-state index contributed by atoms with van der Waals surface area (Å²) in [7, 11) is 1.64. The molecule has 0 atom stereocenters. The lowest BCUT2D eigenvalue weighted by Gasteiger charge is -2.12. The molecule has 1 aromatic rings. The van der Waals surface area contributed by atoms with Crippen LogP contribution in [0.3, 0.4) is 0 Å². The van der Waals surface area contributed by atoms with Crippen molar-refractivity contribution in [1.29, 1.82) is 0 Å². The SMILES string of the molecule is CCNC(=NCCOC)NCCC(=O)Nc1ccc(Br)cc1C.I. The van der Waals surface area contributed by atoms with Crippen molar-refractivity contribution < 1.29 is 9.53 Å². The van der Waals surface area contributed by atoms with Crippen molar-refractivity contribution in [3.63, 3.8) is 0 Å². The Morgan fingerprint density at radius 3 is 2.71 bits per heavy atom. The van der Waals surface area contributed by atoms with Gasteiger partial charge in [0, 0.05) is 36.8 Å². The fourth-order valence-corrected chi connectivity index (χ4v) is 2.34. The van der Waals surface area contributed by atoms with Gasteiger partial charge in [0.15, 0.2) is 5.96 Å². The Kier molecular flexibility index (Phi) is 12.9. The van der Waals surface area contributed by atoms with Crippen molar-refractivity contribution in [3.8, 4) is 0 Å². The van der Waals surface area contributed by atoms with E-state index >= 15 is 0 Å². The van der Waals surface area contributed by atoms with Gasteiger partial charge in [0.05, 0.1) is 13.2 Å². The molecule has 0 aliphatic carbocycles. The molecule has 24 heavy (non-hydrogen) atoms. The Labute approximate surface area is 169 Å². The Morgan fingerprint density at radius 1 is 1.33 bits per heavy atom. The fraction of sp³-hybridized carbons (Fsp3) is 0.500. The lowest BCUT2D eigenvalue weighted by molar-refractivity contribution is -0.116. The van der Waals surface area contributed by atoms with E-state index < -0.39 is 0 Å². The molecule has 0 saturated heterocycles. The van der Waals surface area contributed by atoms with Crippen molar-refractivity contribution in [2.24, 2.45) is 4.99 Å². The third-order valence-corrected chi connectivity index (χ3v) is 3.51. The number of hydrogen-bond acceptors (Lipinski definition) is 3. The Balaban J connectivity index is 0.00000529.